The fourth-order valence-corrected chi connectivity index (χ4v) is 8.76. The van der Waals surface area contributed by atoms with E-state index in [0.29, 0.717) is 18.4 Å². The Morgan fingerprint density at radius 3 is 2.01 bits per heavy atom. The van der Waals surface area contributed by atoms with Gasteiger partial charge in [0.25, 0.3) is 0 Å². The molecule has 2 aliphatic rings. The summed E-state index contributed by atoms with van der Waals surface area (Å²) in [5, 5.41) is 33.0. The first-order chi connectivity index (χ1) is 31.7. The molecule has 0 radical (unpaired) electrons. The molecule has 0 aliphatic heterocycles. The van der Waals surface area contributed by atoms with Crippen LogP contribution in [0, 0.1) is 5.92 Å². The number of hydrogen-bond acceptors (Lipinski definition) is 11. The van der Waals surface area contributed by atoms with Crippen LogP contribution in [0.15, 0.2) is 66.7 Å². The molecule has 0 aromatic heterocycles. The molecule has 19 heteroatoms. The Morgan fingerprint density at radius 1 is 0.821 bits per heavy atom. The largest absolute Gasteiger partial charge is 0.506 e. The Balaban J connectivity index is 1.38. The highest BCUT2D eigenvalue weighted by Gasteiger charge is 2.44. The molecule has 7 amide bonds. The van der Waals surface area contributed by atoms with Crippen LogP contribution < -0.4 is 43.8 Å². The number of phenolic OH excluding ortho intramolecular Hbond substituents is 1. The number of nitrogens with one attached hydrogen (secondary N) is 5. The molecule has 360 valence electrons. The van der Waals surface area contributed by atoms with Crippen molar-refractivity contribution in [2.75, 3.05) is 12.3 Å². The molecule has 0 saturated heterocycles. The summed E-state index contributed by atoms with van der Waals surface area (Å²) >= 11 is 0. The molecule has 1 fully saturated rings. The van der Waals surface area contributed by atoms with Gasteiger partial charge in [0.05, 0.1) is 12.1 Å². The first kappa shape index (κ1) is 50.8. The molecule has 3 aromatic carbocycles. The molecule has 4 atom stereocenters. The van der Waals surface area contributed by atoms with E-state index >= 15 is 0 Å². The number of benzene rings is 3. The number of primary amides is 2. The van der Waals surface area contributed by atoms with Crippen LogP contribution in [0.3, 0.4) is 0 Å². The summed E-state index contributed by atoms with van der Waals surface area (Å²) in [6.45, 7) is 4.95. The summed E-state index contributed by atoms with van der Waals surface area (Å²) in [6.07, 6.45) is -0.139. The highest BCUT2D eigenvalue weighted by molar-refractivity contribution is 5.99. The SMILES string of the molecule is CC(C)C[C@H](NC(=O)[C@@](C)(CCCC(=O)O)NC(=O)OCC1c2ccccc2-c2ccccc21)C(=O)N[C@@H](Cc1ccc(O)c(N)c1)C(=O)NC1(C(=O)N[C@@H](CC(N)=O)C(N)=O)CCCCC1. The number of aromatic hydroxyl groups is 1. The molecule has 13 N–H and O–H groups in total. The summed E-state index contributed by atoms with van der Waals surface area (Å²) in [6, 6.07) is 15.6. The summed E-state index contributed by atoms with van der Waals surface area (Å²) in [7, 11) is 0. The Morgan fingerprint density at radius 2 is 1.45 bits per heavy atom. The molecule has 2 aliphatic carbocycles. The fraction of sp³-hybridized carbons (Fsp3) is 0.458. The number of anilines is 1. The maximum atomic E-state index is 14.5. The molecule has 0 spiro atoms. The van der Waals surface area contributed by atoms with Gasteiger partial charge in [0.15, 0.2) is 0 Å². The fourth-order valence-electron chi connectivity index (χ4n) is 8.76. The van der Waals surface area contributed by atoms with E-state index in [2.05, 4.69) is 26.6 Å². The van der Waals surface area contributed by atoms with Crippen LogP contribution in [-0.4, -0.2) is 93.5 Å². The van der Waals surface area contributed by atoms with Crippen molar-refractivity contribution in [1.29, 1.82) is 0 Å². The predicted octanol–water partition coefficient (Wildman–Crippen LogP) is 2.75. The minimum absolute atomic E-state index is 0.00547. The van der Waals surface area contributed by atoms with E-state index in [0.717, 1.165) is 28.7 Å². The van der Waals surface area contributed by atoms with Gasteiger partial charge < -0.3 is 58.7 Å². The van der Waals surface area contributed by atoms with E-state index < -0.39 is 83.1 Å². The zero-order valence-corrected chi connectivity index (χ0v) is 38.0. The van der Waals surface area contributed by atoms with Crippen molar-refractivity contribution < 1.29 is 53.3 Å². The molecular formula is C48H62N8O11. The molecule has 0 bridgehead atoms. The van der Waals surface area contributed by atoms with Crippen LogP contribution in [0.4, 0.5) is 10.5 Å². The lowest BCUT2D eigenvalue weighted by Crippen LogP contribution is -2.66. The molecule has 0 heterocycles. The number of amides is 7. The second-order valence-electron chi connectivity index (χ2n) is 18.1. The van der Waals surface area contributed by atoms with Crippen molar-refractivity contribution in [2.24, 2.45) is 17.4 Å². The number of rotatable bonds is 22. The first-order valence-electron chi connectivity index (χ1n) is 22.5. The van der Waals surface area contributed by atoms with Gasteiger partial charge in [0.1, 0.15) is 41.6 Å². The van der Waals surface area contributed by atoms with E-state index in [4.69, 9.17) is 21.9 Å². The Labute approximate surface area is 388 Å². The van der Waals surface area contributed by atoms with E-state index in [-0.39, 0.29) is 74.8 Å². The van der Waals surface area contributed by atoms with Gasteiger partial charge >= 0.3 is 12.1 Å². The predicted molar refractivity (Wildman–Crippen MR) is 247 cm³/mol. The molecule has 5 rings (SSSR count). The second kappa shape index (κ2) is 22.3. The zero-order valence-electron chi connectivity index (χ0n) is 38.0. The van der Waals surface area contributed by atoms with Gasteiger partial charge in [0.2, 0.25) is 35.4 Å². The maximum Gasteiger partial charge on any atom is 0.408 e. The van der Waals surface area contributed by atoms with Crippen molar-refractivity contribution in [3.63, 3.8) is 0 Å². The quantitative estimate of drug-likeness (QED) is 0.0514. The summed E-state index contributed by atoms with van der Waals surface area (Å²) in [4.78, 5) is 106. The van der Waals surface area contributed by atoms with Gasteiger partial charge in [0, 0.05) is 18.8 Å². The number of carbonyl (C=O) groups is 8. The van der Waals surface area contributed by atoms with Crippen molar-refractivity contribution >= 4 is 53.2 Å². The number of carbonyl (C=O) groups excluding carboxylic acids is 7. The standard InChI is InChI=1S/C48H62N8O11/c1-27(2)22-36(54-44(64)47(3,19-11-16-40(59)60)56-46(66)67-26-33-31-14-7-5-12-29(31)30-13-6-8-15-32(30)33)42(62)52-37(24-28-17-18-38(57)34(49)23-28)43(63)55-48(20-9-4-10-21-48)45(65)53-35(41(51)61)25-39(50)58/h5-8,12-15,17-18,23,27,33,35-37,57H,4,9-11,16,19-22,24-26,49H2,1-3H3,(H2,50,58)(H2,51,61)(H,52,62)(H,53,65)(H,54,64)(H,55,63)(H,56,66)(H,59,60)/t35-,36-,37-,47+/m0/s1. The van der Waals surface area contributed by atoms with Gasteiger partial charge in [-0.2, -0.15) is 0 Å². The van der Waals surface area contributed by atoms with Gasteiger partial charge in [-0.05, 0) is 84.9 Å². The third-order valence-electron chi connectivity index (χ3n) is 12.3. The molecular weight excluding hydrogens is 865 g/mol. The van der Waals surface area contributed by atoms with Crippen LogP contribution in [0.5, 0.6) is 5.75 Å². The monoisotopic (exact) mass is 926 g/mol. The number of alkyl carbamates (subject to hydrolysis) is 1. The third kappa shape index (κ3) is 13.2. The van der Waals surface area contributed by atoms with E-state index in [1.807, 2.05) is 48.5 Å². The van der Waals surface area contributed by atoms with Gasteiger partial charge in [-0.3, -0.25) is 33.6 Å². The minimum atomic E-state index is -1.79. The van der Waals surface area contributed by atoms with Crippen LogP contribution in [0.1, 0.15) is 108 Å². The number of carboxylic acid groups (broad SMARTS) is 1. The van der Waals surface area contributed by atoms with Crippen LogP contribution >= 0.6 is 0 Å². The topological polar surface area (TPSA) is 324 Å². The van der Waals surface area contributed by atoms with Gasteiger partial charge in [-0.1, -0.05) is 87.7 Å². The number of hydrogen-bond donors (Lipinski definition) is 10. The number of fused-ring (bicyclic) bond motifs is 3. The normalized spacial score (nSPS) is 16.1. The van der Waals surface area contributed by atoms with Gasteiger partial charge in [-0.25, -0.2) is 4.79 Å². The molecule has 67 heavy (non-hydrogen) atoms. The van der Waals surface area contributed by atoms with Crippen molar-refractivity contribution in [3.8, 4) is 16.9 Å². The Kier molecular flexibility index (Phi) is 16.9. The molecule has 3 aromatic rings. The second-order valence-corrected chi connectivity index (χ2v) is 18.1. The smallest absolute Gasteiger partial charge is 0.408 e. The van der Waals surface area contributed by atoms with Crippen molar-refractivity contribution in [2.45, 2.75) is 127 Å². The van der Waals surface area contributed by atoms with E-state index in [1.165, 1.54) is 25.1 Å². The number of nitrogen functional groups attached to an aromatic ring is 1. The van der Waals surface area contributed by atoms with E-state index in [1.54, 1.807) is 13.8 Å². The lowest BCUT2D eigenvalue weighted by Gasteiger charge is -2.38. The number of ether oxygens (including phenoxy) is 1. The van der Waals surface area contributed by atoms with E-state index in [9.17, 15) is 48.6 Å². The third-order valence-corrected chi connectivity index (χ3v) is 12.3. The average Bonchev–Trinajstić information content (AvgIpc) is 3.59. The first-order valence-corrected chi connectivity index (χ1v) is 22.5. The molecule has 0 unspecified atom stereocenters. The van der Waals surface area contributed by atoms with Crippen LogP contribution in [0.25, 0.3) is 11.1 Å². The zero-order chi connectivity index (χ0) is 49.1. The summed E-state index contributed by atoms with van der Waals surface area (Å²) < 4.78 is 5.75. The maximum absolute atomic E-state index is 14.5. The Bertz CT molecular complexity index is 2300. The summed E-state index contributed by atoms with van der Waals surface area (Å²) in [5.41, 5.74) is 17.7. The van der Waals surface area contributed by atoms with Gasteiger partial charge in [-0.15, -0.1) is 0 Å². The lowest BCUT2D eigenvalue weighted by molar-refractivity contribution is -0.139. The highest BCUT2D eigenvalue weighted by Crippen LogP contribution is 2.44. The van der Waals surface area contributed by atoms with Crippen molar-refractivity contribution in [3.05, 3.63) is 83.4 Å². The lowest BCUT2D eigenvalue weighted by atomic mass is 9.80. The van der Waals surface area contributed by atoms with Crippen molar-refractivity contribution in [1.82, 2.24) is 26.6 Å². The van der Waals surface area contributed by atoms with Crippen LogP contribution in [-0.2, 0) is 44.7 Å². The molecule has 1 saturated carbocycles. The van der Waals surface area contributed by atoms with Crippen LogP contribution in [0.2, 0.25) is 0 Å². The average molecular weight is 927 g/mol. The number of nitrogens with two attached hydrogens (primary N) is 3. The highest BCUT2D eigenvalue weighted by atomic mass is 16.5. The number of carboxylic acids is 1. The minimum Gasteiger partial charge on any atom is -0.506 e. The number of phenols is 1. The number of aliphatic carboxylic acids is 1. The summed E-state index contributed by atoms with van der Waals surface area (Å²) in [5.74, 6) is -6.95. The Hall–Kier alpha value is -7.18. The molecule has 19 nitrogen and oxygen atoms in total.